The van der Waals surface area contributed by atoms with Crippen molar-refractivity contribution in [3.63, 3.8) is 0 Å². The molecular weight excluding hydrogens is 228 g/mol. The van der Waals surface area contributed by atoms with Gasteiger partial charge in [0.25, 0.3) is 0 Å². The van der Waals surface area contributed by atoms with Gasteiger partial charge in [0.1, 0.15) is 0 Å². The summed E-state index contributed by atoms with van der Waals surface area (Å²) >= 11 is 0. The summed E-state index contributed by atoms with van der Waals surface area (Å²) < 4.78 is 0. The molecule has 1 aliphatic rings. The second kappa shape index (κ2) is 4.09. The van der Waals surface area contributed by atoms with Gasteiger partial charge in [-0.3, -0.25) is 0 Å². The standard InChI is InChI=1S/C19H17/c1-13-5-4-8-17-15(13)11-12-18-16-7-3-2-6-14(16)9-10-19(17)18/h2-3,6-7,9-13H,1,4-5,8H2. The van der Waals surface area contributed by atoms with Gasteiger partial charge < -0.3 is 0 Å². The zero-order chi connectivity index (χ0) is 12.8. The first-order chi connectivity index (χ1) is 9.34. The zero-order valence-electron chi connectivity index (χ0n) is 11.0. The van der Waals surface area contributed by atoms with Crippen LogP contribution in [0.3, 0.4) is 0 Å². The van der Waals surface area contributed by atoms with Crippen molar-refractivity contribution in [1.82, 2.24) is 0 Å². The van der Waals surface area contributed by atoms with E-state index in [-0.39, 0.29) is 0 Å². The van der Waals surface area contributed by atoms with Gasteiger partial charge in [-0.2, -0.15) is 0 Å². The first-order valence-electron chi connectivity index (χ1n) is 7.11. The maximum absolute atomic E-state index is 4.31. The molecule has 1 atom stereocenters. The monoisotopic (exact) mass is 245 g/mol. The maximum atomic E-state index is 4.31. The Labute approximate surface area is 114 Å². The average Bonchev–Trinajstić information content (AvgIpc) is 2.47. The molecule has 1 aliphatic carbocycles. The van der Waals surface area contributed by atoms with Gasteiger partial charge in [-0.25, -0.2) is 0 Å². The Bertz CT molecular complexity index is 767. The number of fused-ring (bicyclic) bond motifs is 5. The highest BCUT2D eigenvalue weighted by molar-refractivity contribution is 6.08. The second-order valence-electron chi connectivity index (χ2n) is 5.60. The van der Waals surface area contributed by atoms with Crippen LogP contribution in [-0.4, -0.2) is 0 Å². The molecule has 0 nitrogen and oxygen atoms in total. The lowest BCUT2D eigenvalue weighted by molar-refractivity contribution is 0.630. The molecule has 0 heteroatoms. The molecule has 4 rings (SSSR count). The summed E-state index contributed by atoms with van der Waals surface area (Å²) in [6, 6.07) is 17.8. The Morgan fingerprint density at radius 2 is 1.68 bits per heavy atom. The van der Waals surface area contributed by atoms with Gasteiger partial charge in [0.2, 0.25) is 0 Å². The predicted molar refractivity (Wildman–Crippen MR) is 82.5 cm³/mol. The lowest BCUT2D eigenvalue weighted by Crippen LogP contribution is -2.07. The molecule has 0 spiro atoms. The SMILES string of the molecule is [CH2]C1CCCc2c1ccc1c2ccc2ccccc21. The minimum atomic E-state index is 0.472. The summed E-state index contributed by atoms with van der Waals surface area (Å²) in [5.41, 5.74) is 3.00. The Balaban J connectivity index is 2.13. The van der Waals surface area contributed by atoms with E-state index >= 15 is 0 Å². The Morgan fingerprint density at radius 1 is 0.842 bits per heavy atom. The predicted octanol–water partition coefficient (Wildman–Crippen LogP) is 5.25. The molecule has 0 bridgehead atoms. The van der Waals surface area contributed by atoms with E-state index in [2.05, 4.69) is 55.5 Å². The largest absolute Gasteiger partial charge is 0.0616 e. The van der Waals surface area contributed by atoms with Crippen LogP contribution in [0.4, 0.5) is 0 Å². The number of hydrogen-bond acceptors (Lipinski definition) is 0. The van der Waals surface area contributed by atoms with Crippen LogP contribution >= 0.6 is 0 Å². The van der Waals surface area contributed by atoms with Crippen molar-refractivity contribution in [3.05, 3.63) is 66.6 Å². The highest BCUT2D eigenvalue weighted by Crippen LogP contribution is 2.37. The summed E-state index contributed by atoms with van der Waals surface area (Å²) in [5.74, 6) is 0.472. The molecule has 3 aromatic rings. The molecule has 3 aromatic carbocycles. The van der Waals surface area contributed by atoms with Crippen molar-refractivity contribution in [3.8, 4) is 0 Å². The molecule has 0 saturated carbocycles. The van der Waals surface area contributed by atoms with E-state index in [0.29, 0.717) is 5.92 Å². The van der Waals surface area contributed by atoms with Crippen LogP contribution in [0.1, 0.15) is 29.9 Å². The molecule has 1 radical (unpaired) electrons. The number of hydrogen-bond donors (Lipinski definition) is 0. The smallest absolute Gasteiger partial charge is 0.0102 e. The summed E-state index contributed by atoms with van der Waals surface area (Å²) in [7, 11) is 0. The fraction of sp³-hybridized carbons (Fsp3) is 0.211. The van der Waals surface area contributed by atoms with E-state index in [4.69, 9.17) is 0 Å². The number of rotatable bonds is 0. The first-order valence-corrected chi connectivity index (χ1v) is 7.11. The van der Waals surface area contributed by atoms with E-state index in [1.165, 1.54) is 51.9 Å². The highest BCUT2D eigenvalue weighted by atomic mass is 14.2. The summed E-state index contributed by atoms with van der Waals surface area (Å²) in [4.78, 5) is 0. The van der Waals surface area contributed by atoms with Crippen molar-refractivity contribution in [2.24, 2.45) is 0 Å². The van der Waals surface area contributed by atoms with Gasteiger partial charge in [-0.15, -0.1) is 0 Å². The van der Waals surface area contributed by atoms with Gasteiger partial charge in [0.15, 0.2) is 0 Å². The van der Waals surface area contributed by atoms with E-state index in [0.717, 1.165) is 0 Å². The fourth-order valence-electron chi connectivity index (χ4n) is 3.51. The fourth-order valence-corrected chi connectivity index (χ4v) is 3.51. The molecule has 19 heavy (non-hydrogen) atoms. The quantitative estimate of drug-likeness (QED) is 0.475. The Morgan fingerprint density at radius 3 is 2.63 bits per heavy atom. The third kappa shape index (κ3) is 1.59. The van der Waals surface area contributed by atoms with Crippen molar-refractivity contribution in [1.29, 1.82) is 0 Å². The van der Waals surface area contributed by atoms with Crippen LogP contribution in [0.2, 0.25) is 0 Å². The molecule has 0 fully saturated rings. The molecule has 0 saturated heterocycles. The van der Waals surface area contributed by atoms with Gasteiger partial charge in [-0.1, -0.05) is 48.5 Å². The topological polar surface area (TPSA) is 0 Å². The molecule has 0 heterocycles. The van der Waals surface area contributed by atoms with Crippen LogP contribution in [0, 0.1) is 6.92 Å². The Hall–Kier alpha value is -1.82. The van der Waals surface area contributed by atoms with Gasteiger partial charge in [0, 0.05) is 0 Å². The van der Waals surface area contributed by atoms with Crippen LogP contribution in [0.25, 0.3) is 21.5 Å². The number of aryl methyl sites for hydroxylation is 1. The Kier molecular flexibility index (Phi) is 2.38. The zero-order valence-corrected chi connectivity index (χ0v) is 11.0. The molecule has 0 aromatic heterocycles. The van der Waals surface area contributed by atoms with Crippen LogP contribution < -0.4 is 0 Å². The van der Waals surface area contributed by atoms with Gasteiger partial charge >= 0.3 is 0 Å². The van der Waals surface area contributed by atoms with Crippen molar-refractivity contribution < 1.29 is 0 Å². The second-order valence-corrected chi connectivity index (χ2v) is 5.60. The first kappa shape index (κ1) is 11.0. The van der Waals surface area contributed by atoms with Gasteiger partial charge in [0.05, 0.1) is 0 Å². The van der Waals surface area contributed by atoms with E-state index in [1.54, 1.807) is 0 Å². The van der Waals surface area contributed by atoms with E-state index in [9.17, 15) is 0 Å². The van der Waals surface area contributed by atoms with Crippen LogP contribution in [0.5, 0.6) is 0 Å². The summed E-state index contributed by atoms with van der Waals surface area (Å²) in [6.45, 7) is 4.31. The number of benzene rings is 3. The minimum absolute atomic E-state index is 0.472. The molecule has 93 valence electrons. The maximum Gasteiger partial charge on any atom is -0.0102 e. The summed E-state index contributed by atoms with van der Waals surface area (Å²) in [5, 5.41) is 5.53. The lowest BCUT2D eigenvalue weighted by atomic mass is 9.81. The third-order valence-corrected chi connectivity index (χ3v) is 4.49. The highest BCUT2D eigenvalue weighted by Gasteiger charge is 2.18. The van der Waals surface area contributed by atoms with Crippen LogP contribution in [0.15, 0.2) is 48.5 Å². The van der Waals surface area contributed by atoms with Crippen molar-refractivity contribution in [2.45, 2.75) is 25.2 Å². The lowest BCUT2D eigenvalue weighted by Gasteiger charge is -2.24. The average molecular weight is 245 g/mol. The summed E-state index contributed by atoms with van der Waals surface area (Å²) in [6.07, 6.45) is 3.70. The molecular formula is C19H17. The van der Waals surface area contributed by atoms with E-state index in [1.807, 2.05) is 0 Å². The van der Waals surface area contributed by atoms with Crippen molar-refractivity contribution in [2.75, 3.05) is 0 Å². The minimum Gasteiger partial charge on any atom is -0.0616 e. The van der Waals surface area contributed by atoms with Crippen molar-refractivity contribution >= 4 is 21.5 Å². The van der Waals surface area contributed by atoms with Gasteiger partial charge in [-0.05, 0) is 64.8 Å². The third-order valence-electron chi connectivity index (χ3n) is 4.49. The molecule has 0 aliphatic heterocycles. The molecule has 0 amide bonds. The molecule has 1 unspecified atom stereocenters. The van der Waals surface area contributed by atoms with Crippen LogP contribution in [-0.2, 0) is 6.42 Å². The molecule has 0 N–H and O–H groups in total. The van der Waals surface area contributed by atoms with E-state index < -0.39 is 0 Å². The normalized spacial score (nSPS) is 18.7.